The number of rotatable bonds is 10. The van der Waals surface area contributed by atoms with Gasteiger partial charge in [0.2, 0.25) is 5.91 Å². The highest BCUT2D eigenvalue weighted by molar-refractivity contribution is 9.10. The zero-order valence-electron chi connectivity index (χ0n) is 18.6. The number of carbonyl (C=O) groups is 2. The Morgan fingerprint density at radius 1 is 0.970 bits per heavy atom. The first-order chi connectivity index (χ1) is 15.9. The average Bonchev–Trinajstić information content (AvgIpc) is 3.22. The Labute approximate surface area is 201 Å². The highest BCUT2D eigenvalue weighted by Gasteiger charge is 2.23. The van der Waals surface area contributed by atoms with E-state index in [-0.39, 0.29) is 43.8 Å². The van der Waals surface area contributed by atoms with Crippen LogP contribution in [-0.4, -0.2) is 48.4 Å². The third kappa shape index (κ3) is 7.27. The smallest absolute Gasteiger partial charge is 0.254 e. The second kappa shape index (κ2) is 11.8. The quantitative estimate of drug-likeness (QED) is 0.388. The van der Waals surface area contributed by atoms with E-state index in [2.05, 4.69) is 15.9 Å². The maximum absolute atomic E-state index is 13.4. The number of benzene rings is 2. The molecule has 0 unspecified atom stereocenters. The second-order valence-corrected chi connectivity index (χ2v) is 8.53. The molecule has 0 saturated heterocycles. The van der Waals surface area contributed by atoms with E-state index in [9.17, 15) is 14.0 Å². The van der Waals surface area contributed by atoms with Crippen molar-refractivity contribution in [2.24, 2.45) is 0 Å². The second-order valence-electron chi connectivity index (χ2n) is 7.62. The molecule has 174 valence electrons. The van der Waals surface area contributed by atoms with Crippen molar-refractivity contribution in [1.29, 1.82) is 0 Å². The van der Waals surface area contributed by atoms with Gasteiger partial charge in [-0.3, -0.25) is 9.59 Å². The van der Waals surface area contributed by atoms with E-state index in [1.807, 2.05) is 19.1 Å². The molecule has 0 saturated carbocycles. The van der Waals surface area contributed by atoms with Gasteiger partial charge < -0.3 is 19.0 Å². The maximum atomic E-state index is 13.4. The van der Waals surface area contributed by atoms with Crippen LogP contribution in [0.5, 0.6) is 0 Å². The van der Waals surface area contributed by atoms with E-state index in [1.165, 1.54) is 17.0 Å². The molecule has 1 aromatic heterocycles. The van der Waals surface area contributed by atoms with Crippen molar-refractivity contribution < 1.29 is 23.1 Å². The van der Waals surface area contributed by atoms with Crippen molar-refractivity contribution in [2.75, 3.05) is 26.8 Å². The number of ether oxygens (including phenoxy) is 1. The van der Waals surface area contributed by atoms with E-state index in [1.54, 1.807) is 48.4 Å². The SMILES string of the molecule is COCCN(CC(=O)N(Cc1ccc(F)cc1)Cc1ccc(C)o1)C(=O)c1ccc(Br)cc1. The third-order valence-corrected chi connectivity index (χ3v) is 5.58. The normalized spacial score (nSPS) is 10.8. The van der Waals surface area contributed by atoms with Gasteiger partial charge in [-0.25, -0.2) is 4.39 Å². The first-order valence-electron chi connectivity index (χ1n) is 10.5. The number of nitrogens with zero attached hydrogens (tertiary/aromatic N) is 2. The van der Waals surface area contributed by atoms with Gasteiger partial charge >= 0.3 is 0 Å². The van der Waals surface area contributed by atoms with Crippen LogP contribution in [0.25, 0.3) is 0 Å². The summed E-state index contributed by atoms with van der Waals surface area (Å²) in [7, 11) is 1.55. The number of furan rings is 1. The van der Waals surface area contributed by atoms with Gasteiger partial charge in [0.15, 0.2) is 0 Å². The molecule has 1 heterocycles. The van der Waals surface area contributed by atoms with Crippen molar-refractivity contribution in [3.8, 4) is 0 Å². The van der Waals surface area contributed by atoms with Crippen molar-refractivity contribution >= 4 is 27.7 Å². The molecule has 3 aromatic rings. The van der Waals surface area contributed by atoms with Gasteiger partial charge in [0.05, 0.1) is 13.2 Å². The summed E-state index contributed by atoms with van der Waals surface area (Å²) in [4.78, 5) is 29.5. The fourth-order valence-corrected chi connectivity index (χ4v) is 3.56. The predicted octanol–water partition coefficient (Wildman–Crippen LogP) is 4.81. The number of aryl methyl sites for hydroxylation is 1. The van der Waals surface area contributed by atoms with Crippen LogP contribution in [0.2, 0.25) is 0 Å². The Bertz CT molecular complexity index is 1070. The highest BCUT2D eigenvalue weighted by atomic mass is 79.9. The van der Waals surface area contributed by atoms with Crippen molar-refractivity contribution in [3.63, 3.8) is 0 Å². The molecule has 6 nitrogen and oxygen atoms in total. The van der Waals surface area contributed by atoms with Gasteiger partial charge in [-0.05, 0) is 61.0 Å². The Kier molecular flexibility index (Phi) is 8.79. The van der Waals surface area contributed by atoms with Gasteiger partial charge in [0, 0.05) is 30.2 Å². The van der Waals surface area contributed by atoms with E-state index < -0.39 is 0 Å². The molecule has 0 fully saturated rings. The molecule has 8 heteroatoms. The van der Waals surface area contributed by atoms with E-state index in [0.29, 0.717) is 17.9 Å². The third-order valence-electron chi connectivity index (χ3n) is 5.05. The maximum Gasteiger partial charge on any atom is 0.254 e. The van der Waals surface area contributed by atoms with Crippen molar-refractivity contribution in [3.05, 3.63) is 93.6 Å². The van der Waals surface area contributed by atoms with Crippen LogP contribution < -0.4 is 0 Å². The van der Waals surface area contributed by atoms with Crippen LogP contribution in [0.3, 0.4) is 0 Å². The molecule has 3 rings (SSSR count). The highest BCUT2D eigenvalue weighted by Crippen LogP contribution is 2.16. The van der Waals surface area contributed by atoms with Crippen molar-refractivity contribution in [1.82, 2.24) is 9.80 Å². The molecule has 0 aliphatic heterocycles. The lowest BCUT2D eigenvalue weighted by Gasteiger charge is -2.27. The number of hydrogen-bond acceptors (Lipinski definition) is 4. The summed E-state index contributed by atoms with van der Waals surface area (Å²) < 4.78 is 25.0. The van der Waals surface area contributed by atoms with Crippen LogP contribution >= 0.6 is 15.9 Å². The molecule has 33 heavy (non-hydrogen) atoms. The van der Waals surface area contributed by atoms with E-state index in [0.717, 1.165) is 15.8 Å². The Balaban J connectivity index is 1.80. The zero-order valence-corrected chi connectivity index (χ0v) is 20.2. The van der Waals surface area contributed by atoms with Crippen molar-refractivity contribution in [2.45, 2.75) is 20.0 Å². The monoisotopic (exact) mass is 516 g/mol. The summed E-state index contributed by atoms with van der Waals surface area (Å²) in [6.07, 6.45) is 0. The fraction of sp³-hybridized carbons (Fsp3) is 0.280. The number of hydrogen-bond donors (Lipinski definition) is 0. The largest absolute Gasteiger partial charge is 0.464 e. The van der Waals surface area contributed by atoms with Crippen LogP contribution in [0.1, 0.15) is 27.4 Å². The molecule has 0 bridgehead atoms. The molecule has 0 spiro atoms. The average molecular weight is 517 g/mol. The van der Waals surface area contributed by atoms with Crippen LogP contribution in [0, 0.1) is 12.7 Å². The van der Waals surface area contributed by atoms with Crippen LogP contribution in [0.4, 0.5) is 4.39 Å². The summed E-state index contributed by atoms with van der Waals surface area (Å²) in [5.41, 5.74) is 1.25. The molecule has 0 N–H and O–H groups in total. The van der Waals surface area contributed by atoms with E-state index in [4.69, 9.17) is 9.15 Å². The lowest BCUT2D eigenvalue weighted by molar-refractivity contribution is -0.133. The zero-order chi connectivity index (χ0) is 23.8. The van der Waals surface area contributed by atoms with Gasteiger partial charge in [-0.2, -0.15) is 0 Å². The van der Waals surface area contributed by atoms with Gasteiger partial charge in [-0.15, -0.1) is 0 Å². The summed E-state index contributed by atoms with van der Waals surface area (Å²) >= 11 is 3.36. The summed E-state index contributed by atoms with van der Waals surface area (Å²) in [6, 6.07) is 16.6. The van der Waals surface area contributed by atoms with E-state index >= 15 is 0 Å². The molecule has 2 amide bonds. The fourth-order valence-electron chi connectivity index (χ4n) is 3.29. The molecular weight excluding hydrogens is 491 g/mol. The molecule has 0 aliphatic carbocycles. The summed E-state index contributed by atoms with van der Waals surface area (Å²) in [6.45, 7) is 2.75. The van der Waals surface area contributed by atoms with Gasteiger partial charge in [0.25, 0.3) is 5.91 Å². The summed E-state index contributed by atoms with van der Waals surface area (Å²) in [5, 5.41) is 0. The minimum Gasteiger partial charge on any atom is -0.464 e. The first kappa shape index (κ1) is 24.7. The standard InChI is InChI=1S/C25H26BrFN2O4/c1-18-3-12-23(33-18)16-29(15-19-4-10-22(27)11-5-19)24(30)17-28(13-14-32-2)25(31)20-6-8-21(26)9-7-20/h3-12H,13-17H2,1-2H3. The number of amides is 2. The lowest BCUT2D eigenvalue weighted by Crippen LogP contribution is -2.43. The Morgan fingerprint density at radius 2 is 1.67 bits per heavy atom. The number of carbonyl (C=O) groups excluding carboxylic acids is 2. The predicted molar refractivity (Wildman–Crippen MR) is 126 cm³/mol. The minimum atomic E-state index is -0.343. The van der Waals surface area contributed by atoms with Crippen LogP contribution in [-0.2, 0) is 22.6 Å². The first-order valence-corrected chi connectivity index (χ1v) is 11.3. The molecule has 0 radical (unpaired) electrons. The minimum absolute atomic E-state index is 0.126. The number of halogens is 2. The lowest BCUT2D eigenvalue weighted by atomic mass is 10.2. The van der Waals surface area contributed by atoms with Gasteiger partial charge in [0.1, 0.15) is 23.9 Å². The van der Waals surface area contributed by atoms with Crippen LogP contribution in [0.15, 0.2) is 69.6 Å². The molecular formula is C25H26BrFN2O4. The number of methoxy groups -OCH3 is 1. The molecule has 0 atom stereocenters. The Morgan fingerprint density at radius 3 is 2.27 bits per heavy atom. The topological polar surface area (TPSA) is 63.0 Å². The molecule has 0 aliphatic rings. The van der Waals surface area contributed by atoms with Gasteiger partial charge in [-0.1, -0.05) is 28.1 Å². The Hall–Kier alpha value is -2.97. The molecule has 2 aromatic carbocycles. The summed E-state index contributed by atoms with van der Waals surface area (Å²) in [5.74, 6) is 0.513.